The largest absolute Gasteiger partial charge is 2.00 e. The zero-order chi connectivity index (χ0) is 54.7. The van der Waals surface area contributed by atoms with Crippen molar-refractivity contribution in [1.29, 1.82) is 0 Å². The maximum Gasteiger partial charge on any atom is 2.00 e. The normalized spacial score (nSPS) is 11.0. The number of halogens is 8. The summed E-state index contributed by atoms with van der Waals surface area (Å²) in [5.74, 6) is -0.984. The maximum absolute atomic E-state index is 11.7. The van der Waals surface area contributed by atoms with Crippen LogP contribution < -0.4 is 20.4 Å². The predicted molar refractivity (Wildman–Crippen MR) is 301 cm³/mol. The molecule has 8 aromatic rings. The maximum atomic E-state index is 11.7. The molecule has 0 aliphatic heterocycles. The van der Waals surface area contributed by atoms with Crippen molar-refractivity contribution < 1.29 is 54.6 Å². The van der Waals surface area contributed by atoms with Gasteiger partial charge in [-0.1, -0.05) is 116 Å². The summed E-state index contributed by atoms with van der Waals surface area (Å²) >= 11 is 46.4. The van der Waals surface area contributed by atoms with Crippen molar-refractivity contribution in [3.05, 3.63) is 186 Å². The van der Waals surface area contributed by atoms with Crippen LogP contribution in [0.15, 0.2) is 143 Å². The Labute approximate surface area is 513 Å². The molecule has 4 aromatic carbocycles. The third-order valence-corrected chi connectivity index (χ3v) is 12.1. The van der Waals surface area contributed by atoms with Crippen LogP contribution in [0.25, 0.3) is 0 Å². The molecule has 0 spiro atoms. The first-order chi connectivity index (χ1) is 36.7. The van der Waals surface area contributed by atoms with Gasteiger partial charge in [0, 0.05) is 167 Å². The molecule has 0 fully saturated rings. The number of imidazole rings is 4. The fraction of sp³-hybridized carbons (Fsp3) is 0.231. The zero-order valence-electron chi connectivity index (χ0n) is 41.0. The van der Waals surface area contributed by atoms with Gasteiger partial charge in [0.15, 0.2) is 0 Å². The quantitative estimate of drug-likeness (QED) is 0.0406. The van der Waals surface area contributed by atoms with E-state index in [0.717, 1.165) is 51.9 Å². The Morgan fingerprint density at radius 3 is 0.731 bits per heavy atom. The number of hydrogen-bond donors (Lipinski definition) is 0. The fourth-order valence-electron chi connectivity index (χ4n) is 6.41. The molecule has 8 rings (SSSR count). The Balaban J connectivity index is 0.000000271. The topological polar surface area (TPSA) is 213 Å². The standard InChI is InChI=1S/4C13H13Cl2N3O.2Cu/c4*14-11-6-10(13(19)12(15)7-11)8-16-2-1-4-18-5-3-17-9-18;;/h4*3,5-9,19H,1-2,4H2;;/q;;;;2*+2/p-4. The summed E-state index contributed by atoms with van der Waals surface area (Å²) in [4.78, 5) is 32.6. The molecule has 0 aliphatic carbocycles. The van der Waals surface area contributed by atoms with Crippen molar-refractivity contribution in [3.8, 4) is 23.0 Å². The average Bonchev–Trinajstić information content (AvgIpc) is 4.26. The van der Waals surface area contributed by atoms with E-state index in [1.165, 1.54) is 49.1 Å². The summed E-state index contributed by atoms with van der Waals surface area (Å²) in [7, 11) is 0. The van der Waals surface area contributed by atoms with Crippen molar-refractivity contribution in [2.45, 2.75) is 51.9 Å². The first kappa shape index (κ1) is 67.2. The van der Waals surface area contributed by atoms with E-state index in [0.29, 0.717) is 68.5 Å². The van der Waals surface area contributed by atoms with Gasteiger partial charge in [-0.3, -0.25) is 20.0 Å². The minimum atomic E-state index is -0.246. The van der Waals surface area contributed by atoms with E-state index in [-0.39, 0.29) is 77.2 Å². The number of hydrogen-bond acceptors (Lipinski definition) is 12. The van der Waals surface area contributed by atoms with E-state index in [9.17, 15) is 20.4 Å². The van der Waals surface area contributed by atoms with Crippen molar-refractivity contribution in [2.75, 3.05) is 26.2 Å². The van der Waals surface area contributed by atoms with E-state index >= 15 is 0 Å². The first-order valence-electron chi connectivity index (χ1n) is 23.1. The smallest absolute Gasteiger partial charge is 0.871 e. The molecule has 4 aromatic heterocycles. The predicted octanol–water partition coefficient (Wildman–Crippen LogP) is 11.1. The number of nitrogens with zero attached hydrogens (tertiary/aromatic N) is 12. The van der Waals surface area contributed by atoms with Crippen LogP contribution in [-0.4, -0.2) is 89.2 Å². The molecular formula is C52H48Cl8Cu2N12O4. The van der Waals surface area contributed by atoms with Crippen LogP contribution >= 0.6 is 92.8 Å². The molecule has 0 aliphatic rings. The van der Waals surface area contributed by atoms with E-state index in [2.05, 4.69) is 39.9 Å². The Kier molecular flexibility index (Phi) is 31.9. The van der Waals surface area contributed by atoms with Crippen molar-refractivity contribution in [2.24, 2.45) is 20.0 Å². The number of aryl methyl sites for hydroxylation is 4. The molecule has 0 saturated carbocycles. The van der Waals surface area contributed by atoms with Crippen LogP contribution in [0.5, 0.6) is 23.0 Å². The Bertz CT molecular complexity index is 2700. The summed E-state index contributed by atoms with van der Waals surface area (Å²) in [6.45, 7) is 5.89. The number of benzene rings is 4. The molecule has 0 atom stereocenters. The zero-order valence-corrected chi connectivity index (χ0v) is 48.9. The molecule has 2 radical (unpaired) electrons. The summed E-state index contributed by atoms with van der Waals surface area (Å²) in [5.41, 5.74) is 1.67. The summed E-state index contributed by atoms with van der Waals surface area (Å²) in [6, 6.07) is 12.0. The van der Waals surface area contributed by atoms with E-state index in [1.807, 2.05) is 43.1 Å². The minimum absolute atomic E-state index is 0. The van der Waals surface area contributed by atoms with Gasteiger partial charge in [-0.25, -0.2) is 19.9 Å². The molecule has 26 heteroatoms. The Morgan fingerprint density at radius 1 is 0.346 bits per heavy atom. The fourth-order valence-corrected chi connectivity index (χ4v) is 8.45. The van der Waals surface area contributed by atoms with Gasteiger partial charge in [0.05, 0.1) is 25.3 Å². The van der Waals surface area contributed by atoms with Crippen LogP contribution in [0, 0.1) is 0 Å². The molecule has 0 saturated heterocycles. The second-order valence-corrected chi connectivity index (χ2v) is 19.4. The van der Waals surface area contributed by atoms with Gasteiger partial charge in [-0.2, -0.15) is 0 Å². The number of rotatable bonds is 20. The van der Waals surface area contributed by atoms with E-state index in [4.69, 9.17) is 92.8 Å². The van der Waals surface area contributed by atoms with Crippen LogP contribution in [0.3, 0.4) is 0 Å². The third-order valence-electron chi connectivity index (χ3n) is 10.1. The van der Waals surface area contributed by atoms with Gasteiger partial charge in [-0.15, -0.1) is 0 Å². The summed E-state index contributed by atoms with van der Waals surface area (Å²) < 4.78 is 7.91. The average molecular weight is 1320 g/mol. The molecule has 4 heterocycles. The van der Waals surface area contributed by atoms with Crippen molar-refractivity contribution in [3.63, 3.8) is 0 Å². The van der Waals surface area contributed by atoms with Gasteiger partial charge >= 0.3 is 34.1 Å². The molecule has 0 unspecified atom stereocenters. The Hall–Kier alpha value is -5.04. The second-order valence-electron chi connectivity index (χ2n) is 16.0. The molecule has 0 bridgehead atoms. The van der Waals surface area contributed by atoms with Gasteiger partial charge < -0.3 is 38.7 Å². The summed E-state index contributed by atoms with van der Waals surface area (Å²) in [6.07, 6.45) is 31.2. The van der Waals surface area contributed by atoms with Crippen molar-refractivity contribution >= 4 is 118 Å². The first-order valence-corrected chi connectivity index (χ1v) is 26.2. The third kappa shape index (κ3) is 24.5. The second kappa shape index (κ2) is 37.0. The van der Waals surface area contributed by atoms with Crippen LogP contribution in [0.4, 0.5) is 0 Å². The van der Waals surface area contributed by atoms with Crippen LogP contribution in [0.1, 0.15) is 47.9 Å². The SMILES string of the molecule is [Cu+2].[Cu+2].[O-]c1c(Cl)cc(Cl)cc1C=NCCCn1ccnc1.[O-]c1c(Cl)cc(Cl)cc1C=NCCCn1ccnc1.[O-]c1c(Cl)cc(Cl)cc1C=NCCCn1ccnc1.[O-]c1c(Cl)cc(Cl)cc1C=NCCCn1ccnc1. The van der Waals surface area contributed by atoms with Gasteiger partial charge in [0.1, 0.15) is 0 Å². The molecule has 78 heavy (non-hydrogen) atoms. The molecular weight excluding hydrogens is 1270 g/mol. The number of aliphatic imine (C=N–C) groups is 4. The van der Waals surface area contributed by atoms with Gasteiger partial charge in [0.25, 0.3) is 0 Å². The van der Waals surface area contributed by atoms with Crippen LogP contribution in [-0.2, 0) is 60.3 Å². The minimum Gasteiger partial charge on any atom is -0.871 e. The summed E-state index contributed by atoms with van der Waals surface area (Å²) in [5, 5.41) is 48.9. The van der Waals surface area contributed by atoms with Crippen LogP contribution in [0.2, 0.25) is 40.2 Å². The van der Waals surface area contributed by atoms with Crippen molar-refractivity contribution in [1.82, 2.24) is 38.2 Å². The van der Waals surface area contributed by atoms with Gasteiger partial charge in [0.2, 0.25) is 0 Å². The molecule has 16 nitrogen and oxygen atoms in total. The molecule has 0 N–H and O–H groups in total. The van der Waals surface area contributed by atoms with E-state index in [1.54, 1.807) is 74.4 Å². The number of aromatic nitrogens is 8. The van der Waals surface area contributed by atoms with E-state index < -0.39 is 0 Å². The monoisotopic (exact) mass is 1310 g/mol. The van der Waals surface area contributed by atoms with Gasteiger partial charge in [-0.05, 0) is 96.5 Å². The molecule has 418 valence electrons. The Morgan fingerprint density at radius 2 is 0.551 bits per heavy atom. The molecule has 0 amide bonds.